The van der Waals surface area contributed by atoms with Crippen molar-refractivity contribution >= 4 is 23.3 Å². The molecule has 1 aromatic carbocycles. The summed E-state index contributed by atoms with van der Waals surface area (Å²) in [5.41, 5.74) is 1.67. The summed E-state index contributed by atoms with van der Waals surface area (Å²) in [6, 6.07) is 11.4. The maximum absolute atomic E-state index is 9.82. The summed E-state index contributed by atoms with van der Waals surface area (Å²) in [5.74, 6) is 0.898. The smallest absolute Gasteiger partial charge is 0.257 e. The van der Waals surface area contributed by atoms with Crippen LogP contribution in [0.5, 0.6) is 5.88 Å². The fourth-order valence-corrected chi connectivity index (χ4v) is 1.96. The van der Waals surface area contributed by atoms with Crippen LogP contribution < -0.4 is 5.32 Å². The predicted octanol–water partition coefficient (Wildman–Crippen LogP) is 2.18. The number of anilines is 1. The minimum Gasteiger partial charge on any atom is -0.493 e. The van der Waals surface area contributed by atoms with Gasteiger partial charge in [-0.3, -0.25) is 0 Å². The summed E-state index contributed by atoms with van der Waals surface area (Å²) in [6.45, 7) is 0.598. The second-order valence-electron chi connectivity index (χ2n) is 4.23. The zero-order valence-corrected chi connectivity index (χ0v) is 11.2. The average molecular weight is 290 g/mol. The molecular weight excluding hydrogens is 278 g/mol. The number of rotatable bonds is 4. The maximum atomic E-state index is 9.82. The van der Waals surface area contributed by atoms with Gasteiger partial charge in [-0.15, -0.1) is 16.7 Å². The molecule has 0 fully saturated rings. The Morgan fingerprint density at radius 2 is 2.00 bits per heavy atom. The van der Waals surface area contributed by atoms with Crippen LogP contribution in [0.1, 0.15) is 11.3 Å². The highest BCUT2D eigenvalue weighted by atomic mass is 35.5. The molecule has 0 unspecified atom stereocenters. The van der Waals surface area contributed by atoms with Crippen LogP contribution in [0, 0.1) is 0 Å². The van der Waals surface area contributed by atoms with Crippen molar-refractivity contribution in [2.75, 3.05) is 5.32 Å². The lowest BCUT2D eigenvalue weighted by Crippen LogP contribution is -2.00. The molecule has 0 spiro atoms. The van der Waals surface area contributed by atoms with Gasteiger partial charge in [-0.05, 0) is 5.56 Å². The number of hydrogen-bond acceptors (Lipinski definition) is 5. The molecule has 2 N–H and O–H groups in total. The molecule has 0 aliphatic heterocycles. The van der Waals surface area contributed by atoms with Crippen molar-refractivity contribution in [1.82, 2.24) is 19.6 Å². The lowest BCUT2D eigenvalue weighted by Gasteiger charge is -2.00. The van der Waals surface area contributed by atoms with Crippen molar-refractivity contribution in [2.24, 2.45) is 0 Å². The van der Waals surface area contributed by atoms with Crippen LogP contribution in [-0.4, -0.2) is 24.7 Å². The van der Waals surface area contributed by atoms with Crippen molar-refractivity contribution in [3.05, 3.63) is 47.7 Å². The third-order valence-electron chi connectivity index (χ3n) is 2.78. The van der Waals surface area contributed by atoms with E-state index in [0.717, 1.165) is 5.56 Å². The van der Waals surface area contributed by atoms with Crippen molar-refractivity contribution in [3.63, 3.8) is 0 Å². The van der Waals surface area contributed by atoms with Gasteiger partial charge in [0.15, 0.2) is 0 Å². The van der Waals surface area contributed by atoms with E-state index in [9.17, 15) is 5.11 Å². The van der Waals surface area contributed by atoms with Crippen LogP contribution in [0.4, 0.5) is 5.95 Å². The third kappa shape index (κ3) is 2.50. The highest BCUT2D eigenvalue weighted by Gasteiger charge is 2.09. The first-order valence-electron chi connectivity index (χ1n) is 6.05. The van der Waals surface area contributed by atoms with Gasteiger partial charge in [0.2, 0.25) is 11.8 Å². The minimum atomic E-state index is -0.0362. The Labute approximate surface area is 120 Å². The van der Waals surface area contributed by atoms with E-state index in [0.29, 0.717) is 24.0 Å². The quantitative estimate of drug-likeness (QED) is 0.720. The van der Waals surface area contributed by atoms with Gasteiger partial charge >= 0.3 is 0 Å². The average Bonchev–Trinajstić information content (AvgIpc) is 2.89. The number of fused-ring (bicyclic) bond motifs is 1. The van der Waals surface area contributed by atoms with Crippen LogP contribution in [0.3, 0.4) is 0 Å². The maximum Gasteiger partial charge on any atom is 0.257 e. The van der Waals surface area contributed by atoms with Crippen LogP contribution in [-0.2, 0) is 12.4 Å². The molecule has 2 aromatic heterocycles. The fourth-order valence-electron chi connectivity index (χ4n) is 1.82. The fraction of sp³-hybridized carbons (Fsp3) is 0.154. The number of benzene rings is 1. The molecule has 7 heteroatoms. The molecule has 0 atom stereocenters. The normalized spacial score (nSPS) is 10.8. The molecular formula is C13H12ClN5O. The SMILES string of the molecule is Oc1cc(CCl)nc2nc(NCc3ccccc3)nn12. The number of alkyl halides is 1. The standard InChI is InChI=1S/C13H12ClN5O/c14-7-10-6-11(20)19-13(16-10)17-12(18-19)15-8-9-4-2-1-3-5-9/h1-6,20H,7-8H2,(H,15,18). The minimum absolute atomic E-state index is 0.0362. The van der Waals surface area contributed by atoms with E-state index in [-0.39, 0.29) is 11.8 Å². The Morgan fingerprint density at radius 3 is 2.75 bits per heavy atom. The molecule has 102 valence electrons. The number of nitrogens with zero attached hydrogens (tertiary/aromatic N) is 4. The van der Waals surface area contributed by atoms with E-state index in [2.05, 4.69) is 20.4 Å². The van der Waals surface area contributed by atoms with E-state index in [1.54, 1.807) is 0 Å². The lowest BCUT2D eigenvalue weighted by atomic mass is 10.2. The topological polar surface area (TPSA) is 75.3 Å². The van der Waals surface area contributed by atoms with Gasteiger partial charge in [0.05, 0.1) is 11.6 Å². The molecule has 6 nitrogen and oxygen atoms in total. The first-order valence-corrected chi connectivity index (χ1v) is 6.59. The molecule has 0 radical (unpaired) electrons. The van der Waals surface area contributed by atoms with Gasteiger partial charge in [-0.2, -0.15) is 9.50 Å². The largest absolute Gasteiger partial charge is 0.493 e. The Morgan fingerprint density at radius 1 is 1.20 bits per heavy atom. The monoisotopic (exact) mass is 289 g/mol. The van der Waals surface area contributed by atoms with E-state index < -0.39 is 0 Å². The summed E-state index contributed by atoms with van der Waals surface area (Å²) in [6.07, 6.45) is 0. The van der Waals surface area contributed by atoms with Crippen LogP contribution in [0.25, 0.3) is 5.78 Å². The molecule has 20 heavy (non-hydrogen) atoms. The van der Waals surface area contributed by atoms with E-state index >= 15 is 0 Å². The third-order valence-corrected chi connectivity index (χ3v) is 3.05. The Hall–Kier alpha value is -2.34. The van der Waals surface area contributed by atoms with Gasteiger partial charge in [0.25, 0.3) is 5.78 Å². The van der Waals surface area contributed by atoms with Crippen molar-refractivity contribution in [2.45, 2.75) is 12.4 Å². The highest BCUT2D eigenvalue weighted by molar-refractivity contribution is 6.16. The number of nitrogens with one attached hydrogen (secondary N) is 1. The highest BCUT2D eigenvalue weighted by Crippen LogP contribution is 2.15. The molecule has 2 heterocycles. The van der Waals surface area contributed by atoms with Crippen LogP contribution in [0.2, 0.25) is 0 Å². The first kappa shape index (κ1) is 12.7. The Balaban J connectivity index is 1.84. The Bertz CT molecular complexity index is 728. The molecule has 0 bridgehead atoms. The van der Waals surface area contributed by atoms with Crippen molar-refractivity contribution < 1.29 is 5.11 Å². The van der Waals surface area contributed by atoms with Gasteiger partial charge in [-0.1, -0.05) is 30.3 Å². The second kappa shape index (κ2) is 5.34. The molecule has 3 rings (SSSR count). The van der Waals surface area contributed by atoms with Gasteiger partial charge < -0.3 is 10.4 Å². The Kier molecular flexibility index (Phi) is 3.39. The van der Waals surface area contributed by atoms with Gasteiger partial charge in [0.1, 0.15) is 0 Å². The molecule has 0 saturated heterocycles. The number of aromatic nitrogens is 4. The van der Waals surface area contributed by atoms with E-state index in [1.165, 1.54) is 10.6 Å². The first-order chi connectivity index (χ1) is 9.76. The summed E-state index contributed by atoms with van der Waals surface area (Å²) >= 11 is 5.70. The molecule has 0 aliphatic carbocycles. The molecule has 0 saturated carbocycles. The van der Waals surface area contributed by atoms with Crippen LogP contribution >= 0.6 is 11.6 Å². The summed E-state index contributed by atoms with van der Waals surface area (Å²) < 4.78 is 1.27. The van der Waals surface area contributed by atoms with Crippen molar-refractivity contribution in [1.29, 1.82) is 0 Å². The van der Waals surface area contributed by atoms with Gasteiger partial charge in [-0.25, -0.2) is 4.98 Å². The zero-order valence-electron chi connectivity index (χ0n) is 10.5. The van der Waals surface area contributed by atoms with Crippen molar-refractivity contribution in [3.8, 4) is 5.88 Å². The molecule has 3 aromatic rings. The number of hydrogen-bond donors (Lipinski definition) is 2. The predicted molar refractivity (Wildman–Crippen MR) is 75.8 cm³/mol. The summed E-state index contributed by atoms with van der Waals surface area (Å²) in [7, 11) is 0. The molecule has 0 aliphatic rings. The summed E-state index contributed by atoms with van der Waals surface area (Å²) in [4.78, 5) is 8.40. The summed E-state index contributed by atoms with van der Waals surface area (Å²) in [5, 5.41) is 17.0. The van der Waals surface area contributed by atoms with Crippen LogP contribution in [0.15, 0.2) is 36.4 Å². The zero-order chi connectivity index (χ0) is 13.9. The molecule has 0 amide bonds. The van der Waals surface area contributed by atoms with Gasteiger partial charge in [0, 0.05) is 12.6 Å². The van der Waals surface area contributed by atoms with E-state index in [4.69, 9.17) is 11.6 Å². The number of halogens is 1. The van der Waals surface area contributed by atoms with E-state index in [1.807, 2.05) is 30.3 Å². The number of aromatic hydroxyl groups is 1. The second-order valence-corrected chi connectivity index (χ2v) is 4.49. The lowest BCUT2D eigenvalue weighted by molar-refractivity contribution is 0.434.